The van der Waals surface area contributed by atoms with Crippen molar-refractivity contribution in [3.05, 3.63) is 71.8 Å². The van der Waals surface area contributed by atoms with Crippen LogP contribution in [0.2, 0.25) is 0 Å². The molecule has 0 aliphatic rings. The molecule has 2 rings (SSSR count). The van der Waals surface area contributed by atoms with Crippen molar-refractivity contribution in [2.45, 2.75) is 12.5 Å². The van der Waals surface area contributed by atoms with Crippen molar-refractivity contribution in [1.82, 2.24) is 0 Å². The van der Waals surface area contributed by atoms with Crippen LogP contribution in [0.4, 0.5) is 0 Å². The SMILES string of the molecule is C[N+](C)(C)[C@@H](Cc1ccccc1)c1ccccc1. The van der Waals surface area contributed by atoms with Crippen LogP contribution in [0.25, 0.3) is 0 Å². The number of likely N-dealkylation sites (N-methyl/N-ethyl adjacent to an activating group) is 1. The minimum absolute atomic E-state index is 0.494. The van der Waals surface area contributed by atoms with Crippen LogP contribution in [0.15, 0.2) is 60.7 Å². The van der Waals surface area contributed by atoms with Crippen molar-refractivity contribution in [3.63, 3.8) is 0 Å². The van der Waals surface area contributed by atoms with Gasteiger partial charge in [-0.1, -0.05) is 60.7 Å². The van der Waals surface area contributed by atoms with Crippen LogP contribution in [0.3, 0.4) is 0 Å². The molecule has 0 radical (unpaired) electrons. The van der Waals surface area contributed by atoms with Crippen molar-refractivity contribution in [2.24, 2.45) is 0 Å². The van der Waals surface area contributed by atoms with E-state index in [9.17, 15) is 0 Å². The molecule has 0 saturated carbocycles. The monoisotopic (exact) mass is 240 g/mol. The van der Waals surface area contributed by atoms with Gasteiger partial charge in [-0.15, -0.1) is 0 Å². The number of rotatable bonds is 4. The molecule has 1 heteroatoms. The van der Waals surface area contributed by atoms with Gasteiger partial charge < -0.3 is 4.48 Å². The molecule has 0 bridgehead atoms. The number of hydrogen-bond donors (Lipinski definition) is 0. The molecule has 0 fully saturated rings. The third-order valence-electron chi connectivity index (χ3n) is 3.39. The fourth-order valence-corrected chi connectivity index (χ4v) is 2.35. The molecule has 0 N–H and O–H groups in total. The van der Waals surface area contributed by atoms with Crippen LogP contribution in [-0.2, 0) is 6.42 Å². The highest BCUT2D eigenvalue weighted by atomic mass is 15.3. The summed E-state index contributed by atoms with van der Waals surface area (Å²) in [4.78, 5) is 0. The van der Waals surface area contributed by atoms with E-state index in [1.165, 1.54) is 11.1 Å². The Morgan fingerprint density at radius 2 is 1.28 bits per heavy atom. The Morgan fingerprint density at radius 1 is 0.778 bits per heavy atom. The third-order valence-corrected chi connectivity index (χ3v) is 3.39. The molecule has 0 aliphatic heterocycles. The van der Waals surface area contributed by atoms with Crippen molar-refractivity contribution >= 4 is 0 Å². The standard InChI is InChI=1S/C17H22N/c1-18(2,3)17(16-12-8-5-9-13-16)14-15-10-6-4-7-11-15/h4-13,17H,14H2,1-3H3/q+1/t17-/m0/s1. The van der Waals surface area contributed by atoms with Gasteiger partial charge in [0.05, 0.1) is 21.1 Å². The normalized spacial score (nSPS) is 13.3. The number of nitrogens with zero attached hydrogens (tertiary/aromatic N) is 1. The van der Waals surface area contributed by atoms with Crippen LogP contribution >= 0.6 is 0 Å². The Kier molecular flexibility index (Phi) is 3.83. The highest BCUT2D eigenvalue weighted by Gasteiger charge is 2.25. The average molecular weight is 240 g/mol. The quantitative estimate of drug-likeness (QED) is 0.715. The van der Waals surface area contributed by atoms with E-state index < -0.39 is 0 Å². The van der Waals surface area contributed by atoms with Gasteiger partial charge in [-0.2, -0.15) is 0 Å². The summed E-state index contributed by atoms with van der Waals surface area (Å²) < 4.78 is 0.943. The van der Waals surface area contributed by atoms with E-state index in [0.29, 0.717) is 6.04 Å². The molecule has 1 nitrogen and oxygen atoms in total. The first-order valence-electron chi connectivity index (χ1n) is 6.47. The number of benzene rings is 2. The molecule has 2 aromatic carbocycles. The fraction of sp³-hybridized carbons (Fsp3) is 0.294. The van der Waals surface area contributed by atoms with E-state index >= 15 is 0 Å². The Bertz CT molecular complexity index is 468. The molecule has 0 saturated heterocycles. The fourth-order valence-electron chi connectivity index (χ4n) is 2.35. The lowest BCUT2D eigenvalue weighted by Crippen LogP contribution is -2.40. The first-order chi connectivity index (χ1) is 8.57. The first kappa shape index (κ1) is 12.8. The van der Waals surface area contributed by atoms with Gasteiger partial charge in [0, 0.05) is 12.0 Å². The van der Waals surface area contributed by atoms with Crippen molar-refractivity contribution < 1.29 is 4.48 Å². The Morgan fingerprint density at radius 3 is 1.78 bits per heavy atom. The lowest BCUT2D eigenvalue weighted by molar-refractivity contribution is -0.902. The predicted octanol–water partition coefficient (Wildman–Crippen LogP) is 3.68. The number of hydrogen-bond acceptors (Lipinski definition) is 0. The molecular formula is C17H22N+. The molecule has 1 atom stereocenters. The van der Waals surface area contributed by atoms with Gasteiger partial charge in [-0.3, -0.25) is 0 Å². The van der Waals surface area contributed by atoms with Crippen LogP contribution in [0.1, 0.15) is 17.2 Å². The molecule has 0 amide bonds. The maximum absolute atomic E-state index is 2.26. The first-order valence-corrected chi connectivity index (χ1v) is 6.47. The number of quaternary nitrogens is 1. The minimum atomic E-state index is 0.494. The molecule has 0 aliphatic carbocycles. The van der Waals surface area contributed by atoms with Crippen molar-refractivity contribution in [1.29, 1.82) is 0 Å². The molecule has 2 aromatic rings. The second-order valence-electron chi connectivity index (χ2n) is 5.73. The van der Waals surface area contributed by atoms with E-state index in [4.69, 9.17) is 0 Å². The van der Waals surface area contributed by atoms with Crippen molar-refractivity contribution in [2.75, 3.05) is 21.1 Å². The highest BCUT2D eigenvalue weighted by Crippen LogP contribution is 2.27. The van der Waals surface area contributed by atoms with E-state index in [2.05, 4.69) is 81.8 Å². The lowest BCUT2D eigenvalue weighted by Gasteiger charge is -2.34. The predicted molar refractivity (Wildman–Crippen MR) is 77.4 cm³/mol. The molecule has 94 valence electrons. The zero-order chi connectivity index (χ0) is 13.0. The van der Waals surface area contributed by atoms with E-state index in [-0.39, 0.29) is 0 Å². The topological polar surface area (TPSA) is 0 Å². The Hall–Kier alpha value is -1.60. The second kappa shape index (κ2) is 5.36. The van der Waals surface area contributed by atoms with E-state index in [1.807, 2.05) is 0 Å². The van der Waals surface area contributed by atoms with Crippen LogP contribution in [-0.4, -0.2) is 25.6 Å². The maximum atomic E-state index is 2.26. The lowest BCUT2D eigenvalue weighted by atomic mass is 9.96. The van der Waals surface area contributed by atoms with E-state index in [1.54, 1.807) is 0 Å². The zero-order valence-electron chi connectivity index (χ0n) is 11.5. The van der Waals surface area contributed by atoms with Crippen LogP contribution in [0, 0.1) is 0 Å². The average Bonchev–Trinajstić information content (AvgIpc) is 2.37. The Labute approximate surface area is 110 Å². The van der Waals surface area contributed by atoms with E-state index in [0.717, 1.165) is 10.9 Å². The highest BCUT2D eigenvalue weighted by molar-refractivity contribution is 5.22. The van der Waals surface area contributed by atoms with Gasteiger partial charge in [-0.25, -0.2) is 0 Å². The smallest absolute Gasteiger partial charge is 0.118 e. The molecular weight excluding hydrogens is 218 g/mol. The maximum Gasteiger partial charge on any atom is 0.118 e. The summed E-state index contributed by atoms with van der Waals surface area (Å²) in [5, 5.41) is 0. The summed E-state index contributed by atoms with van der Waals surface area (Å²) in [5.74, 6) is 0. The van der Waals surface area contributed by atoms with Gasteiger partial charge >= 0.3 is 0 Å². The molecule has 0 aromatic heterocycles. The van der Waals surface area contributed by atoms with Gasteiger partial charge in [-0.05, 0) is 5.56 Å². The molecule has 0 heterocycles. The van der Waals surface area contributed by atoms with Gasteiger partial charge in [0.15, 0.2) is 0 Å². The van der Waals surface area contributed by atoms with Crippen molar-refractivity contribution in [3.8, 4) is 0 Å². The molecule has 18 heavy (non-hydrogen) atoms. The zero-order valence-corrected chi connectivity index (χ0v) is 11.5. The molecule has 0 unspecified atom stereocenters. The Balaban J connectivity index is 2.28. The van der Waals surface area contributed by atoms with Crippen LogP contribution < -0.4 is 0 Å². The summed E-state index contributed by atoms with van der Waals surface area (Å²) in [7, 11) is 6.79. The summed E-state index contributed by atoms with van der Waals surface area (Å²) in [6.45, 7) is 0. The molecule has 0 spiro atoms. The summed E-state index contributed by atoms with van der Waals surface area (Å²) in [6, 6.07) is 22.0. The second-order valence-corrected chi connectivity index (χ2v) is 5.73. The summed E-state index contributed by atoms with van der Waals surface area (Å²) in [6.07, 6.45) is 1.08. The van der Waals surface area contributed by atoms with Gasteiger partial charge in [0.1, 0.15) is 6.04 Å². The minimum Gasteiger partial charge on any atom is -0.324 e. The van der Waals surface area contributed by atoms with Crippen LogP contribution in [0.5, 0.6) is 0 Å². The third kappa shape index (κ3) is 3.21. The summed E-state index contributed by atoms with van der Waals surface area (Å²) >= 11 is 0. The van der Waals surface area contributed by atoms with Gasteiger partial charge in [0.25, 0.3) is 0 Å². The van der Waals surface area contributed by atoms with Gasteiger partial charge in [0.2, 0.25) is 0 Å². The largest absolute Gasteiger partial charge is 0.324 e. The summed E-state index contributed by atoms with van der Waals surface area (Å²) in [5.41, 5.74) is 2.81.